The van der Waals surface area contributed by atoms with E-state index < -0.39 is 5.97 Å². The van der Waals surface area contributed by atoms with Crippen LogP contribution in [0.3, 0.4) is 0 Å². The fraction of sp³-hybridized carbons (Fsp3) is 0.273. The number of halogens is 1. The van der Waals surface area contributed by atoms with E-state index in [4.69, 9.17) is 9.15 Å². The zero-order chi connectivity index (χ0) is 13.0. The van der Waals surface area contributed by atoms with Gasteiger partial charge in [-0.05, 0) is 28.9 Å². The van der Waals surface area contributed by atoms with Crippen LogP contribution in [0.5, 0.6) is 0 Å². The molecule has 2 aromatic heterocycles. The Bertz CT molecular complexity index is 538. The van der Waals surface area contributed by atoms with E-state index in [1.807, 2.05) is 11.4 Å². The first-order valence-electron chi connectivity index (χ1n) is 5.28. The molecule has 0 amide bonds. The first kappa shape index (κ1) is 13.1. The molecule has 7 heteroatoms. The number of ether oxygens (including phenoxy) is 1. The number of hydrogen-bond acceptors (Lipinski definition) is 6. The first-order valence-corrected chi connectivity index (χ1v) is 6.95. The summed E-state index contributed by atoms with van der Waals surface area (Å²) in [7, 11) is 0. The molecule has 0 aromatic carbocycles. The van der Waals surface area contributed by atoms with Crippen LogP contribution in [-0.2, 0) is 11.3 Å². The average Bonchev–Trinajstić information content (AvgIpc) is 2.95. The molecule has 0 radical (unpaired) electrons. The van der Waals surface area contributed by atoms with Crippen molar-refractivity contribution in [3.05, 3.63) is 32.8 Å². The van der Waals surface area contributed by atoms with Gasteiger partial charge in [0.25, 0.3) is 6.01 Å². The van der Waals surface area contributed by atoms with E-state index in [-0.39, 0.29) is 5.69 Å². The molecular formula is C11H11BrN2O3S. The lowest BCUT2D eigenvalue weighted by Gasteiger charge is -1.97. The fourth-order valence-corrected chi connectivity index (χ4v) is 2.65. The Balaban J connectivity index is 1.92. The molecule has 0 spiro atoms. The van der Waals surface area contributed by atoms with Crippen molar-refractivity contribution in [3.63, 3.8) is 0 Å². The number of rotatable bonds is 5. The van der Waals surface area contributed by atoms with Gasteiger partial charge in [0.05, 0.1) is 13.2 Å². The quantitative estimate of drug-likeness (QED) is 0.852. The molecule has 0 aliphatic heterocycles. The third-order valence-electron chi connectivity index (χ3n) is 2.02. The van der Waals surface area contributed by atoms with Gasteiger partial charge in [-0.3, -0.25) is 0 Å². The molecule has 2 aromatic rings. The van der Waals surface area contributed by atoms with Gasteiger partial charge in [-0.25, -0.2) is 4.79 Å². The monoisotopic (exact) mass is 330 g/mol. The number of hydrogen-bond donors (Lipinski definition) is 1. The SMILES string of the molecule is CCOC(=O)c1coc(NCc2cc(Br)cs2)n1. The normalized spacial score (nSPS) is 10.3. The largest absolute Gasteiger partial charge is 0.461 e. The standard InChI is InChI=1S/C11H11BrN2O3S/c1-2-16-10(15)9-5-17-11(14-9)13-4-8-3-7(12)6-18-8/h3,5-6H,2,4H2,1H3,(H,13,14). The third kappa shape index (κ3) is 3.33. The maximum atomic E-state index is 11.4. The summed E-state index contributed by atoms with van der Waals surface area (Å²) >= 11 is 5.00. The van der Waals surface area contributed by atoms with Crippen LogP contribution in [0.2, 0.25) is 0 Å². The van der Waals surface area contributed by atoms with Gasteiger partial charge >= 0.3 is 5.97 Å². The predicted octanol–water partition coefficient (Wildman–Crippen LogP) is 3.29. The number of carbonyl (C=O) groups excluding carboxylic acids is 1. The van der Waals surface area contributed by atoms with Gasteiger partial charge in [0, 0.05) is 14.7 Å². The molecule has 0 aliphatic rings. The summed E-state index contributed by atoms with van der Waals surface area (Å²) in [6.07, 6.45) is 1.28. The van der Waals surface area contributed by atoms with Crippen molar-refractivity contribution < 1.29 is 13.9 Å². The molecule has 0 unspecified atom stereocenters. The summed E-state index contributed by atoms with van der Waals surface area (Å²) in [6.45, 7) is 2.66. The Hall–Kier alpha value is -1.34. The predicted molar refractivity (Wildman–Crippen MR) is 71.8 cm³/mol. The molecule has 0 saturated heterocycles. The zero-order valence-corrected chi connectivity index (χ0v) is 12.0. The minimum Gasteiger partial charge on any atom is -0.461 e. The van der Waals surface area contributed by atoms with Crippen molar-refractivity contribution in [2.45, 2.75) is 13.5 Å². The second kappa shape index (κ2) is 6.01. The average molecular weight is 331 g/mol. The first-order chi connectivity index (χ1) is 8.69. The minimum absolute atomic E-state index is 0.173. The van der Waals surface area contributed by atoms with E-state index in [0.29, 0.717) is 19.2 Å². The van der Waals surface area contributed by atoms with Gasteiger partial charge in [0.1, 0.15) is 6.26 Å². The van der Waals surface area contributed by atoms with Crippen molar-refractivity contribution >= 4 is 39.3 Å². The van der Waals surface area contributed by atoms with Gasteiger partial charge < -0.3 is 14.5 Å². The number of oxazole rings is 1. The smallest absolute Gasteiger partial charge is 0.360 e. The van der Waals surface area contributed by atoms with Crippen molar-refractivity contribution in [3.8, 4) is 0 Å². The molecule has 0 saturated carbocycles. The molecule has 5 nitrogen and oxygen atoms in total. The Labute approximate surface area is 116 Å². The van der Waals surface area contributed by atoms with Crippen LogP contribution >= 0.6 is 27.3 Å². The summed E-state index contributed by atoms with van der Waals surface area (Å²) in [5.41, 5.74) is 0.173. The lowest BCUT2D eigenvalue weighted by Crippen LogP contribution is -2.05. The second-order valence-corrected chi connectivity index (χ2v) is 5.25. The molecule has 0 bridgehead atoms. The van der Waals surface area contributed by atoms with E-state index in [1.54, 1.807) is 18.3 Å². The van der Waals surface area contributed by atoms with E-state index >= 15 is 0 Å². The lowest BCUT2D eigenvalue weighted by atomic mass is 10.5. The third-order valence-corrected chi connectivity index (χ3v) is 3.72. The molecule has 1 N–H and O–H groups in total. The van der Waals surface area contributed by atoms with Crippen LogP contribution in [0.25, 0.3) is 0 Å². The summed E-state index contributed by atoms with van der Waals surface area (Å²) in [5, 5.41) is 4.99. The number of aromatic nitrogens is 1. The molecule has 96 valence electrons. The van der Waals surface area contributed by atoms with Crippen LogP contribution in [-0.4, -0.2) is 17.6 Å². The zero-order valence-electron chi connectivity index (χ0n) is 9.60. The molecule has 0 aliphatic carbocycles. The van der Waals surface area contributed by atoms with Crippen molar-refractivity contribution in [2.24, 2.45) is 0 Å². The highest BCUT2D eigenvalue weighted by atomic mass is 79.9. The number of thiophene rings is 1. The molecule has 0 atom stereocenters. The molecule has 2 heterocycles. The topological polar surface area (TPSA) is 64.4 Å². The number of nitrogens with one attached hydrogen (secondary N) is 1. The number of nitrogens with zero attached hydrogens (tertiary/aromatic N) is 1. The lowest BCUT2D eigenvalue weighted by molar-refractivity contribution is 0.0519. The van der Waals surface area contributed by atoms with E-state index in [1.165, 1.54) is 6.26 Å². The van der Waals surface area contributed by atoms with E-state index in [2.05, 4.69) is 26.2 Å². The van der Waals surface area contributed by atoms with Crippen LogP contribution < -0.4 is 5.32 Å². The Morgan fingerprint density at radius 1 is 1.67 bits per heavy atom. The molecule has 2 rings (SSSR count). The fourth-order valence-electron chi connectivity index (χ4n) is 1.26. The maximum absolute atomic E-state index is 11.4. The van der Waals surface area contributed by atoms with E-state index in [0.717, 1.165) is 9.35 Å². The Morgan fingerprint density at radius 2 is 2.50 bits per heavy atom. The highest BCUT2D eigenvalue weighted by molar-refractivity contribution is 9.10. The van der Waals surface area contributed by atoms with Crippen molar-refractivity contribution in [1.82, 2.24) is 4.98 Å². The Kier molecular flexibility index (Phi) is 4.38. The van der Waals surface area contributed by atoms with Gasteiger partial charge in [0.2, 0.25) is 0 Å². The second-order valence-electron chi connectivity index (χ2n) is 3.34. The van der Waals surface area contributed by atoms with Gasteiger partial charge in [-0.2, -0.15) is 4.98 Å². The molecule has 18 heavy (non-hydrogen) atoms. The van der Waals surface area contributed by atoms with Crippen LogP contribution in [0, 0.1) is 0 Å². The van der Waals surface area contributed by atoms with E-state index in [9.17, 15) is 4.79 Å². The van der Waals surface area contributed by atoms with Crippen molar-refractivity contribution in [2.75, 3.05) is 11.9 Å². The van der Waals surface area contributed by atoms with Crippen LogP contribution in [0.1, 0.15) is 22.3 Å². The molecule has 0 fully saturated rings. The van der Waals surface area contributed by atoms with Gasteiger partial charge in [0.15, 0.2) is 5.69 Å². The molecular weight excluding hydrogens is 320 g/mol. The summed E-state index contributed by atoms with van der Waals surface area (Å²) in [6, 6.07) is 2.31. The number of carbonyl (C=O) groups is 1. The van der Waals surface area contributed by atoms with Crippen LogP contribution in [0.4, 0.5) is 6.01 Å². The Morgan fingerprint density at radius 3 is 3.17 bits per heavy atom. The van der Waals surface area contributed by atoms with Crippen LogP contribution in [0.15, 0.2) is 26.6 Å². The summed E-state index contributed by atoms with van der Waals surface area (Å²) < 4.78 is 11.0. The van der Waals surface area contributed by atoms with Crippen molar-refractivity contribution in [1.29, 1.82) is 0 Å². The highest BCUT2D eigenvalue weighted by Crippen LogP contribution is 2.20. The maximum Gasteiger partial charge on any atom is 0.360 e. The summed E-state index contributed by atoms with van der Waals surface area (Å²) in [5.74, 6) is -0.479. The summed E-state index contributed by atoms with van der Waals surface area (Å²) in [4.78, 5) is 16.5. The highest BCUT2D eigenvalue weighted by Gasteiger charge is 2.12. The van der Waals surface area contributed by atoms with Gasteiger partial charge in [-0.15, -0.1) is 11.3 Å². The minimum atomic E-state index is -0.479. The number of esters is 1. The van der Waals surface area contributed by atoms with Gasteiger partial charge in [-0.1, -0.05) is 0 Å². The number of anilines is 1.